The summed E-state index contributed by atoms with van der Waals surface area (Å²) >= 11 is 12.9. The van der Waals surface area contributed by atoms with Crippen molar-refractivity contribution < 1.29 is 13.9 Å². The van der Waals surface area contributed by atoms with E-state index in [1.807, 2.05) is 17.5 Å². The van der Waals surface area contributed by atoms with Gasteiger partial charge in [-0.05, 0) is 48.8 Å². The number of nitrogens with zero attached hydrogens (tertiary/aromatic N) is 1. The number of carbonyl (C=O) groups excluding carboxylic acids is 1. The molecule has 130 valence electrons. The summed E-state index contributed by atoms with van der Waals surface area (Å²) in [6.45, 7) is 1.78. The van der Waals surface area contributed by atoms with Gasteiger partial charge in [-0.15, -0.1) is 11.3 Å². The Morgan fingerprint density at radius 2 is 2.20 bits per heavy atom. The zero-order chi connectivity index (χ0) is 18.1. The number of carbonyl (C=O) groups is 1. The number of thiophene rings is 1. The SMILES string of the molecule is COC(=O)C1=C(C)N(c2ccc(F)c(Cl)c2)C(=S)N[C@@H]1c1cccs1. The third kappa shape index (κ3) is 3.27. The van der Waals surface area contributed by atoms with Crippen LogP contribution in [0.5, 0.6) is 0 Å². The number of nitrogens with one attached hydrogen (secondary N) is 1. The molecule has 0 amide bonds. The van der Waals surface area contributed by atoms with E-state index in [4.69, 9.17) is 28.6 Å². The van der Waals surface area contributed by atoms with Crippen LogP contribution in [0.2, 0.25) is 5.02 Å². The smallest absolute Gasteiger partial charge is 0.338 e. The molecule has 0 fully saturated rings. The Morgan fingerprint density at radius 1 is 1.44 bits per heavy atom. The van der Waals surface area contributed by atoms with Crippen LogP contribution in [0.3, 0.4) is 0 Å². The van der Waals surface area contributed by atoms with Gasteiger partial charge in [-0.25, -0.2) is 9.18 Å². The summed E-state index contributed by atoms with van der Waals surface area (Å²) in [4.78, 5) is 15.0. The van der Waals surface area contributed by atoms with Crippen LogP contribution < -0.4 is 10.2 Å². The lowest BCUT2D eigenvalue weighted by Crippen LogP contribution is -2.47. The Kier molecular flexibility index (Phi) is 5.08. The summed E-state index contributed by atoms with van der Waals surface area (Å²) in [7, 11) is 1.33. The lowest BCUT2D eigenvalue weighted by atomic mass is 10.0. The molecule has 1 aliphatic heterocycles. The second kappa shape index (κ2) is 7.11. The molecule has 1 aromatic carbocycles. The quantitative estimate of drug-likeness (QED) is 0.614. The summed E-state index contributed by atoms with van der Waals surface area (Å²) in [5, 5.41) is 5.47. The highest BCUT2D eigenvalue weighted by atomic mass is 35.5. The predicted molar refractivity (Wildman–Crippen MR) is 101 cm³/mol. The minimum absolute atomic E-state index is 0.0203. The maximum Gasteiger partial charge on any atom is 0.338 e. The molecule has 8 heteroatoms. The van der Waals surface area contributed by atoms with Crippen molar-refractivity contribution in [2.75, 3.05) is 12.0 Å². The minimum atomic E-state index is -0.521. The summed E-state index contributed by atoms with van der Waals surface area (Å²) in [6.07, 6.45) is 0. The van der Waals surface area contributed by atoms with Crippen LogP contribution in [0, 0.1) is 5.82 Å². The molecule has 25 heavy (non-hydrogen) atoms. The molecular weight excluding hydrogens is 383 g/mol. The number of allylic oxidation sites excluding steroid dienone is 1. The van der Waals surface area contributed by atoms with E-state index in [0.29, 0.717) is 22.1 Å². The van der Waals surface area contributed by atoms with Crippen LogP contribution in [-0.2, 0) is 9.53 Å². The van der Waals surface area contributed by atoms with Gasteiger partial charge in [0, 0.05) is 16.3 Å². The van der Waals surface area contributed by atoms with E-state index in [0.717, 1.165) is 4.88 Å². The zero-order valence-electron chi connectivity index (χ0n) is 13.4. The molecule has 3 rings (SSSR count). The molecule has 0 aliphatic carbocycles. The summed E-state index contributed by atoms with van der Waals surface area (Å²) < 4.78 is 18.4. The van der Waals surface area contributed by atoms with Crippen molar-refractivity contribution in [3.05, 3.63) is 62.7 Å². The Bertz CT molecular complexity index is 868. The average Bonchev–Trinajstić information content (AvgIpc) is 3.11. The zero-order valence-corrected chi connectivity index (χ0v) is 15.8. The molecule has 0 bridgehead atoms. The molecule has 4 nitrogen and oxygen atoms in total. The number of halogens is 2. The number of hydrogen-bond acceptors (Lipinski definition) is 4. The number of hydrogen-bond donors (Lipinski definition) is 1. The number of ether oxygens (including phenoxy) is 1. The van der Waals surface area contributed by atoms with Gasteiger partial charge < -0.3 is 10.1 Å². The number of benzene rings is 1. The summed E-state index contributed by atoms with van der Waals surface area (Å²) in [5.41, 5.74) is 1.61. The molecule has 0 radical (unpaired) electrons. The van der Waals surface area contributed by atoms with Crippen LogP contribution in [0.25, 0.3) is 0 Å². The highest BCUT2D eigenvalue weighted by Crippen LogP contribution is 2.36. The highest BCUT2D eigenvalue weighted by molar-refractivity contribution is 7.80. The van der Waals surface area contributed by atoms with Crippen LogP contribution >= 0.6 is 35.2 Å². The van der Waals surface area contributed by atoms with Crippen molar-refractivity contribution in [3.8, 4) is 0 Å². The third-order valence-corrected chi connectivity index (χ3v) is 5.41. The van der Waals surface area contributed by atoms with Crippen LogP contribution in [0.1, 0.15) is 17.8 Å². The predicted octanol–water partition coefficient (Wildman–Crippen LogP) is 4.42. The van der Waals surface area contributed by atoms with Gasteiger partial charge in [0.2, 0.25) is 0 Å². The topological polar surface area (TPSA) is 41.6 Å². The van der Waals surface area contributed by atoms with Gasteiger partial charge in [0.05, 0.1) is 23.7 Å². The van der Waals surface area contributed by atoms with Gasteiger partial charge in [0.25, 0.3) is 0 Å². The van der Waals surface area contributed by atoms with E-state index in [-0.39, 0.29) is 5.02 Å². The van der Waals surface area contributed by atoms with Gasteiger partial charge in [-0.3, -0.25) is 4.90 Å². The molecule has 2 heterocycles. The normalized spacial score (nSPS) is 17.5. The molecule has 1 atom stereocenters. The number of thiocarbonyl (C=S) groups is 1. The molecule has 2 aromatic rings. The van der Waals surface area contributed by atoms with Crippen molar-refractivity contribution in [1.29, 1.82) is 0 Å². The fourth-order valence-corrected chi connectivity index (χ4v) is 4.04. The molecule has 0 saturated heterocycles. The fraction of sp³-hybridized carbons (Fsp3) is 0.176. The van der Waals surface area contributed by atoms with Crippen molar-refractivity contribution in [1.82, 2.24) is 5.32 Å². The maximum absolute atomic E-state index is 13.5. The fourth-order valence-electron chi connectivity index (χ4n) is 2.72. The molecule has 0 saturated carbocycles. The molecular formula is C17H14ClFN2O2S2. The number of anilines is 1. The van der Waals surface area contributed by atoms with Gasteiger partial charge in [0.15, 0.2) is 5.11 Å². The molecule has 0 unspecified atom stereocenters. The first-order valence-electron chi connectivity index (χ1n) is 7.32. The largest absolute Gasteiger partial charge is 0.466 e. The Morgan fingerprint density at radius 3 is 2.80 bits per heavy atom. The van der Waals surface area contributed by atoms with Crippen LogP contribution in [-0.4, -0.2) is 18.2 Å². The van der Waals surface area contributed by atoms with Gasteiger partial charge in [0.1, 0.15) is 5.82 Å². The minimum Gasteiger partial charge on any atom is -0.466 e. The van der Waals surface area contributed by atoms with Crippen molar-refractivity contribution >= 4 is 51.9 Å². The van der Waals surface area contributed by atoms with Crippen LogP contribution in [0.4, 0.5) is 10.1 Å². The number of rotatable bonds is 3. The van der Waals surface area contributed by atoms with Gasteiger partial charge in [-0.1, -0.05) is 17.7 Å². The van der Waals surface area contributed by atoms with E-state index in [1.54, 1.807) is 17.9 Å². The highest BCUT2D eigenvalue weighted by Gasteiger charge is 2.35. The molecule has 1 N–H and O–H groups in total. The second-order valence-corrected chi connectivity index (χ2v) is 7.10. The van der Waals surface area contributed by atoms with Crippen molar-refractivity contribution in [2.24, 2.45) is 0 Å². The van der Waals surface area contributed by atoms with E-state index in [9.17, 15) is 9.18 Å². The van der Waals surface area contributed by atoms with E-state index >= 15 is 0 Å². The lowest BCUT2D eigenvalue weighted by molar-refractivity contribution is -0.136. The van der Waals surface area contributed by atoms with E-state index in [2.05, 4.69) is 5.32 Å². The average molecular weight is 397 g/mol. The first kappa shape index (κ1) is 17.8. The van der Waals surface area contributed by atoms with Crippen LogP contribution in [0.15, 0.2) is 47.0 Å². The van der Waals surface area contributed by atoms with Crippen molar-refractivity contribution in [3.63, 3.8) is 0 Å². The standard InChI is InChI=1S/C17H14ClFN2O2S2/c1-9-14(16(22)23-2)15(13-4-3-7-25-13)20-17(24)21(9)10-5-6-12(19)11(18)8-10/h3-8,15H,1-2H3,(H,20,24)/t15-/m1/s1. The Labute approximate surface area is 158 Å². The monoisotopic (exact) mass is 396 g/mol. The lowest BCUT2D eigenvalue weighted by Gasteiger charge is -2.37. The Balaban J connectivity index is 2.14. The van der Waals surface area contributed by atoms with E-state index in [1.165, 1.54) is 30.6 Å². The summed E-state index contributed by atoms with van der Waals surface area (Å²) in [6, 6.07) is 7.71. The number of methoxy groups -OCH3 is 1. The second-order valence-electron chi connectivity index (χ2n) is 5.32. The first-order valence-corrected chi connectivity index (χ1v) is 8.98. The van der Waals surface area contributed by atoms with Gasteiger partial charge in [-0.2, -0.15) is 0 Å². The van der Waals surface area contributed by atoms with Gasteiger partial charge >= 0.3 is 5.97 Å². The Hall–Kier alpha value is -1.96. The summed E-state index contributed by atoms with van der Waals surface area (Å²) in [5.74, 6) is -0.975. The third-order valence-electron chi connectivity index (χ3n) is 3.88. The number of esters is 1. The molecule has 1 aromatic heterocycles. The molecule has 1 aliphatic rings. The molecule has 0 spiro atoms. The maximum atomic E-state index is 13.5. The first-order chi connectivity index (χ1) is 11.9. The van der Waals surface area contributed by atoms with E-state index < -0.39 is 17.8 Å². The van der Waals surface area contributed by atoms with Crippen molar-refractivity contribution in [2.45, 2.75) is 13.0 Å².